The number of ether oxygens (including phenoxy) is 4. The van der Waals surface area contributed by atoms with Crippen molar-refractivity contribution in [1.29, 1.82) is 0 Å². The van der Waals surface area contributed by atoms with Gasteiger partial charge in [0.25, 0.3) is 0 Å². The maximum Gasteiger partial charge on any atom is 0.306 e. The fourth-order valence-corrected chi connectivity index (χ4v) is 5.47. The van der Waals surface area contributed by atoms with Gasteiger partial charge in [0.15, 0.2) is 12.4 Å². The van der Waals surface area contributed by atoms with Crippen LogP contribution < -0.4 is 0 Å². The third kappa shape index (κ3) is 24.6. The van der Waals surface area contributed by atoms with Gasteiger partial charge in [-0.25, -0.2) is 0 Å². The van der Waals surface area contributed by atoms with E-state index in [1.54, 1.807) is 0 Å². The van der Waals surface area contributed by atoms with Crippen molar-refractivity contribution in [2.24, 2.45) is 0 Å². The molecule has 10 nitrogen and oxygen atoms in total. The zero-order chi connectivity index (χ0) is 38.1. The second kappa shape index (κ2) is 33.0. The summed E-state index contributed by atoms with van der Waals surface area (Å²) >= 11 is 0. The molecule has 0 spiro atoms. The van der Waals surface area contributed by atoms with Crippen LogP contribution in [0.1, 0.15) is 136 Å². The number of carbonyl (C=O) groups is 2. The van der Waals surface area contributed by atoms with Crippen molar-refractivity contribution < 1.29 is 49.0 Å². The molecule has 0 aliphatic carbocycles. The van der Waals surface area contributed by atoms with E-state index in [1.807, 2.05) is 0 Å². The van der Waals surface area contributed by atoms with Gasteiger partial charge in [0, 0.05) is 12.8 Å². The lowest BCUT2D eigenvalue weighted by Crippen LogP contribution is -2.59. The molecule has 1 aliphatic rings. The summed E-state index contributed by atoms with van der Waals surface area (Å²) in [5.41, 5.74) is 0. The summed E-state index contributed by atoms with van der Waals surface area (Å²) in [6.07, 6.45) is 30.9. The minimum Gasteiger partial charge on any atom is -0.462 e. The van der Waals surface area contributed by atoms with Crippen LogP contribution in [0.15, 0.2) is 60.8 Å². The molecule has 10 heteroatoms. The predicted molar refractivity (Wildman–Crippen MR) is 205 cm³/mol. The third-order valence-electron chi connectivity index (χ3n) is 8.64. The highest BCUT2D eigenvalue weighted by Gasteiger charge is 2.44. The molecule has 4 N–H and O–H groups in total. The Bertz CT molecular complexity index is 1030. The first-order valence-electron chi connectivity index (χ1n) is 19.9. The van der Waals surface area contributed by atoms with Crippen LogP contribution in [-0.2, 0) is 28.5 Å². The van der Waals surface area contributed by atoms with E-state index in [4.69, 9.17) is 18.9 Å². The molecular weight excluding hydrogens is 664 g/mol. The van der Waals surface area contributed by atoms with Gasteiger partial charge in [-0.2, -0.15) is 0 Å². The number of esters is 2. The van der Waals surface area contributed by atoms with Crippen LogP contribution in [-0.4, -0.2) is 89.0 Å². The highest BCUT2D eigenvalue weighted by molar-refractivity contribution is 5.70. The van der Waals surface area contributed by atoms with Gasteiger partial charge in [0.2, 0.25) is 0 Å². The summed E-state index contributed by atoms with van der Waals surface area (Å²) < 4.78 is 22.0. The smallest absolute Gasteiger partial charge is 0.306 e. The Morgan fingerprint density at radius 1 is 0.615 bits per heavy atom. The van der Waals surface area contributed by atoms with Crippen molar-refractivity contribution in [3.8, 4) is 0 Å². The summed E-state index contributed by atoms with van der Waals surface area (Å²) in [7, 11) is 0. The second-order valence-electron chi connectivity index (χ2n) is 13.3. The lowest BCUT2D eigenvalue weighted by molar-refractivity contribution is -0.305. The fourth-order valence-electron chi connectivity index (χ4n) is 5.47. The van der Waals surface area contributed by atoms with Crippen molar-refractivity contribution in [1.82, 2.24) is 0 Å². The summed E-state index contributed by atoms with van der Waals surface area (Å²) in [6.45, 7) is 3.20. The standard InChI is InChI=1S/C42H70O10/c1-3-5-7-9-11-13-15-17-18-19-21-23-25-27-29-31-38(45)51-35(34-50-42-41(48)40(47)39(46)36(32-43)52-42)33-49-37(44)30-28-26-24-22-20-16-14-12-10-8-6-4-2/h5,7,11-14,17-18,21,23,35-36,39-43,46-48H,3-4,6,8-10,15-16,19-20,22,24-34H2,1-2H3/b7-5-,13-11-,14-12-,18-17-,23-21-. The molecule has 0 bridgehead atoms. The molecule has 0 aromatic rings. The zero-order valence-corrected chi connectivity index (χ0v) is 32.0. The van der Waals surface area contributed by atoms with Crippen molar-refractivity contribution in [3.63, 3.8) is 0 Å². The summed E-state index contributed by atoms with van der Waals surface area (Å²) in [5.74, 6) is -0.874. The van der Waals surface area contributed by atoms with Crippen molar-refractivity contribution in [2.75, 3.05) is 19.8 Å². The minimum absolute atomic E-state index is 0.173. The second-order valence-corrected chi connectivity index (χ2v) is 13.3. The Labute approximate surface area is 313 Å². The number of rotatable bonds is 31. The minimum atomic E-state index is -1.60. The molecule has 0 saturated carbocycles. The SMILES string of the molecule is CC/C=C\C/C=C\C/C=C\C/C=C\CCCCC(=O)OC(COC(=O)CCCCCCC/C=C\CCCCC)COC1OC(CO)C(O)C(O)C1O. The van der Waals surface area contributed by atoms with Crippen molar-refractivity contribution in [3.05, 3.63) is 60.8 Å². The number of carbonyl (C=O) groups excluding carboxylic acids is 2. The Kier molecular flexibility index (Phi) is 30.1. The van der Waals surface area contributed by atoms with E-state index in [0.717, 1.165) is 77.0 Å². The van der Waals surface area contributed by atoms with E-state index in [9.17, 15) is 30.0 Å². The van der Waals surface area contributed by atoms with Gasteiger partial charge in [-0.3, -0.25) is 9.59 Å². The lowest BCUT2D eigenvalue weighted by Gasteiger charge is -2.39. The highest BCUT2D eigenvalue weighted by Crippen LogP contribution is 2.22. The fraction of sp³-hybridized carbons (Fsp3) is 0.714. The number of aliphatic hydroxyl groups is 4. The first-order valence-corrected chi connectivity index (χ1v) is 19.9. The van der Waals surface area contributed by atoms with E-state index in [1.165, 1.54) is 19.3 Å². The van der Waals surface area contributed by atoms with Gasteiger partial charge in [-0.05, 0) is 77.0 Å². The molecule has 298 valence electrons. The monoisotopic (exact) mass is 734 g/mol. The summed E-state index contributed by atoms with van der Waals surface area (Å²) in [6, 6.07) is 0. The van der Waals surface area contributed by atoms with Crippen LogP contribution >= 0.6 is 0 Å². The maximum atomic E-state index is 12.7. The molecule has 1 heterocycles. The van der Waals surface area contributed by atoms with Gasteiger partial charge in [0.1, 0.15) is 31.0 Å². The molecule has 1 aliphatic heterocycles. The number of unbranched alkanes of at least 4 members (excludes halogenated alkanes) is 10. The Hall–Kier alpha value is -2.60. The predicted octanol–water partition coefficient (Wildman–Crippen LogP) is 7.49. The third-order valence-corrected chi connectivity index (χ3v) is 8.64. The molecule has 0 aromatic carbocycles. The molecule has 0 aromatic heterocycles. The van der Waals surface area contributed by atoms with E-state index in [2.05, 4.69) is 74.6 Å². The van der Waals surface area contributed by atoms with Crippen LogP contribution in [0, 0.1) is 0 Å². The van der Waals surface area contributed by atoms with Crippen molar-refractivity contribution in [2.45, 2.75) is 173 Å². The normalized spacial score (nSPS) is 21.7. The van der Waals surface area contributed by atoms with Gasteiger partial charge in [-0.15, -0.1) is 0 Å². The van der Waals surface area contributed by atoms with Crippen LogP contribution in [0.4, 0.5) is 0 Å². The Morgan fingerprint density at radius 3 is 1.77 bits per heavy atom. The van der Waals surface area contributed by atoms with Crippen LogP contribution in [0.25, 0.3) is 0 Å². The number of allylic oxidation sites excluding steroid dienone is 10. The molecule has 6 unspecified atom stereocenters. The molecule has 0 radical (unpaired) electrons. The van der Waals surface area contributed by atoms with E-state index < -0.39 is 55.4 Å². The van der Waals surface area contributed by atoms with E-state index in [0.29, 0.717) is 12.8 Å². The number of hydrogen-bond donors (Lipinski definition) is 4. The molecular formula is C42H70O10. The molecule has 1 saturated heterocycles. The molecule has 6 atom stereocenters. The van der Waals surface area contributed by atoms with E-state index in [-0.39, 0.29) is 26.1 Å². The van der Waals surface area contributed by atoms with Crippen LogP contribution in [0.2, 0.25) is 0 Å². The topological polar surface area (TPSA) is 152 Å². The lowest BCUT2D eigenvalue weighted by atomic mass is 9.99. The highest BCUT2D eigenvalue weighted by atomic mass is 16.7. The van der Waals surface area contributed by atoms with Gasteiger partial charge in [-0.1, -0.05) is 107 Å². The molecule has 1 rings (SSSR count). The quantitative estimate of drug-likeness (QED) is 0.0320. The number of aliphatic hydroxyl groups excluding tert-OH is 4. The average molecular weight is 735 g/mol. The molecule has 1 fully saturated rings. The summed E-state index contributed by atoms with van der Waals surface area (Å²) in [5, 5.41) is 39.9. The summed E-state index contributed by atoms with van der Waals surface area (Å²) in [4.78, 5) is 25.2. The maximum absolute atomic E-state index is 12.7. The average Bonchev–Trinajstić information content (AvgIpc) is 3.14. The van der Waals surface area contributed by atoms with Crippen LogP contribution in [0.3, 0.4) is 0 Å². The Morgan fingerprint density at radius 2 is 1.13 bits per heavy atom. The molecule has 0 amide bonds. The first kappa shape index (κ1) is 47.4. The van der Waals surface area contributed by atoms with Gasteiger partial charge < -0.3 is 39.4 Å². The first-order chi connectivity index (χ1) is 25.3. The van der Waals surface area contributed by atoms with E-state index >= 15 is 0 Å². The molecule has 52 heavy (non-hydrogen) atoms. The largest absolute Gasteiger partial charge is 0.462 e. The Balaban J connectivity index is 2.44. The zero-order valence-electron chi connectivity index (χ0n) is 32.0. The number of hydrogen-bond acceptors (Lipinski definition) is 10. The van der Waals surface area contributed by atoms with Gasteiger partial charge >= 0.3 is 11.9 Å². The van der Waals surface area contributed by atoms with Crippen LogP contribution in [0.5, 0.6) is 0 Å². The van der Waals surface area contributed by atoms with Crippen molar-refractivity contribution >= 4 is 11.9 Å². The van der Waals surface area contributed by atoms with Gasteiger partial charge in [0.05, 0.1) is 13.2 Å².